The van der Waals surface area contributed by atoms with Crippen molar-refractivity contribution in [3.05, 3.63) is 77.0 Å². The van der Waals surface area contributed by atoms with E-state index in [1.54, 1.807) is 35.3 Å². The molecule has 1 aliphatic carbocycles. The van der Waals surface area contributed by atoms with E-state index in [4.69, 9.17) is 11.6 Å². The lowest BCUT2D eigenvalue weighted by Crippen LogP contribution is -2.42. The largest absolute Gasteiger partial charge is 0.433 e. The molecule has 1 fully saturated rings. The summed E-state index contributed by atoms with van der Waals surface area (Å²) in [4.78, 5) is 20.8. The van der Waals surface area contributed by atoms with Crippen LogP contribution >= 0.6 is 11.6 Å². The Labute approximate surface area is 216 Å². The van der Waals surface area contributed by atoms with Gasteiger partial charge in [-0.2, -0.15) is 18.3 Å². The van der Waals surface area contributed by atoms with Gasteiger partial charge in [0.15, 0.2) is 0 Å². The van der Waals surface area contributed by atoms with Crippen molar-refractivity contribution >= 4 is 34.1 Å². The second-order valence-electron chi connectivity index (χ2n) is 9.15. The molecule has 3 heterocycles. The average Bonchev–Trinajstić information content (AvgIpc) is 3.25. The summed E-state index contributed by atoms with van der Waals surface area (Å²) in [6, 6.07) is 8.97. The van der Waals surface area contributed by atoms with Crippen LogP contribution in [0.15, 0.2) is 55.0 Å². The molecule has 11 heteroatoms. The molecule has 1 saturated carbocycles. The number of halogens is 4. The van der Waals surface area contributed by atoms with Gasteiger partial charge in [-0.3, -0.25) is 9.78 Å². The van der Waals surface area contributed by atoms with E-state index in [0.29, 0.717) is 33.8 Å². The fourth-order valence-corrected chi connectivity index (χ4v) is 4.95. The maximum atomic E-state index is 13.5. The molecule has 1 aromatic carbocycles. The average molecular weight is 529 g/mol. The van der Waals surface area contributed by atoms with Gasteiger partial charge in [-0.15, -0.1) is 0 Å². The van der Waals surface area contributed by atoms with Crippen LogP contribution in [0.1, 0.15) is 47.4 Å². The number of amides is 1. The van der Waals surface area contributed by atoms with Crippen LogP contribution < -0.4 is 10.6 Å². The molecular weight excluding hydrogens is 505 g/mol. The highest BCUT2D eigenvalue weighted by molar-refractivity contribution is 6.31. The quantitative estimate of drug-likeness (QED) is 0.334. The van der Waals surface area contributed by atoms with Crippen molar-refractivity contribution in [3.8, 4) is 5.69 Å². The van der Waals surface area contributed by atoms with Gasteiger partial charge in [0, 0.05) is 40.6 Å². The Hall–Kier alpha value is -3.66. The minimum atomic E-state index is -4.58. The number of benzene rings is 1. The Kier molecular flexibility index (Phi) is 6.76. The lowest BCUT2D eigenvalue weighted by atomic mass is 9.90. The minimum Gasteiger partial charge on any atom is -0.382 e. The SMILES string of the molecule is Cc1c(C(=O)N[C@@H]2CCC[C@H](Nc3cc(C(F)(F)F)nc4ccc(Cl)cc34)C2)cnn1-c1ccncc1. The first kappa shape index (κ1) is 25.0. The van der Waals surface area contributed by atoms with Gasteiger partial charge in [0.2, 0.25) is 0 Å². The summed E-state index contributed by atoms with van der Waals surface area (Å²) in [5.41, 5.74) is 1.55. The summed E-state index contributed by atoms with van der Waals surface area (Å²) in [5.74, 6) is -0.232. The monoisotopic (exact) mass is 528 g/mol. The summed E-state index contributed by atoms with van der Waals surface area (Å²) >= 11 is 6.12. The molecule has 0 spiro atoms. The minimum absolute atomic E-state index is 0.134. The highest BCUT2D eigenvalue weighted by Crippen LogP contribution is 2.35. The molecule has 192 valence electrons. The number of fused-ring (bicyclic) bond motifs is 1. The maximum absolute atomic E-state index is 13.5. The Bertz CT molecular complexity index is 1440. The van der Waals surface area contributed by atoms with Crippen molar-refractivity contribution in [2.75, 3.05) is 5.32 Å². The first-order chi connectivity index (χ1) is 17.7. The zero-order chi connectivity index (χ0) is 26.2. The van der Waals surface area contributed by atoms with Crippen LogP contribution in [0.3, 0.4) is 0 Å². The molecule has 1 aliphatic rings. The number of nitrogens with one attached hydrogen (secondary N) is 2. The third kappa shape index (κ3) is 5.39. The van der Waals surface area contributed by atoms with E-state index in [0.717, 1.165) is 31.0 Å². The maximum Gasteiger partial charge on any atom is 0.433 e. The summed E-state index contributed by atoms with van der Waals surface area (Å²) < 4.78 is 42.1. The smallest absolute Gasteiger partial charge is 0.382 e. The van der Waals surface area contributed by atoms with Gasteiger partial charge >= 0.3 is 6.18 Å². The first-order valence-corrected chi connectivity index (χ1v) is 12.3. The Morgan fingerprint density at radius 3 is 2.62 bits per heavy atom. The van der Waals surface area contributed by atoms with E-state index >= 15 is 0 Å². The third-order valence-electron chi connectivity index (χ3n) is 6.59. The summed E-state index contributed by atoms with van der Waals surface area (Å²) in [6.07, 6.45) is 3.19. The van der Waals surface area contributed by atoms with Crippen LogP contribution in [0.2, 0.25) is 5.02 Å². The number of rotatable bonds is 5. The number of aromatic nitrogens is 4. The van der Waals surface area contributed by atoms with Crippen LogP contribution in [-0.2, 0) is 6.18 Å². The van der Waals surface area contributed by atoms with Gasteiger partial charge in [-0.1, -0.05) is 11.6 Å². The van der Waals surface area contributed by atoms with Crippen LogP contribution in [0.25, 0.3) is 16.6 Å². The predicted octanol–water partition coefficient (Wildman–Crippen LogP) is 5.95. The molecule has 0 saturated heterocycles. The Morgan fingerprint density at radius 2 is 1.86 bits per heavy atom. The molecule has 0 aliphatic heterocycles. The van der Waals surface area contributed by atoms with Crippen molar-refractivity contribution in [2.24, 2.45) is 0 Å². The molecule has 7 nitrogen and oxygen atoms in total. The Morgan fingerprint density at radius 1 is 1.11 bits per heavy atom. The predicted molar refractivity (Wildman–Crippen MR) is 135 cm³/mol. The lowest BCUT2D eigenvalue weighted by molar-refractivity contribution is -0.140. The highest BCUT2D eigenvalue weighted by Gasteiger charge is 2.34. The first-order valence-electron chi connectivity index (χ1n) is 11.9. The third-order valence-corrected chi connectivity index (χ3v) is 6.83. The summed E-state index contributed by atoms with van der Waals surface area (Å²) in [5, 5.41) is 11.6. The number of pyridine rings is 2. The molecule has 0 bridgehead atoms. The van der Waals surface area contributed by atoms with Crippen molar-refractivity contribution in [3.63, 3.8) is 0 Å². The van der Waals surface area contributed by atoms with Crippen LogP contribution in [0.5, 0.6) is 0 Å². The molecule has 37 heavy (non-hydrogen) atoms. The van der Waals surface area contributed by atoms with E-state index < -0.39 is 11.9 Å². The summed E-state index contributed by atoms with van der Waals surface area (Å²) in [6.45, 7) is 1.82. The van der Waals surface area contributed by atoms with Gasteiger partial charge < -0.3 is 10.6 Å². The molecule has 0 unspecified atom stereocenters. The molecule has 0 radical (unpaired) electrons. The number of hydrogen-bond donors (Lipinski definition) is 2. The number of nitrogens with zero attached hydrogens (tertiary/aromatic N) is 4. The second kappa shape index (κ2) is 10.0. The molecule has 2 N–H and O–H groups in total. The van der Waals surface area contributed by atoms with E-state index in [1.165, 1.54) is 18.3 Å². The number of carbonyl (C=O) groups is 1. The topological polar surface area (TPSA) is 84.7 Å². The molecule has 3 aromatic heterocycles. The Balaban J connectivity index is 1.32. The van der Waals surface area contributed by atoms with Gasteiger partial charge in [-0.05, 0) is 69.0 Å². The van der Waals surface area contributed by atoms with E-state index in [9.17, 15) is 18.0 Å². The van der Waals surface area contributed by atoms with Crippen molar-refractivity contribution in [1.29, 1.82) is 0 Å². The zero-order valence-corrected chi connectivity index (χ0v) is 20.6. The van der Waals surface area contributed by atoms with Crippen molar-refractivity contribution in [1.82, 2.24) is 25.1 Å². The van der Waals surface area contributed by atoms with Gasteiger partial charge in [0.1, 0.15) is 5.69 Å². The van der Waals surface area contributed by atoms with Crippen molar-refractivity contribution in [2.45, 2.75) is 50.9 Å². The second-order valence-corrected chi connectivity index (χ2v) is 9.59. The zero-order valence-electron chi connectivity index (χ0n) is 19.9. The van der Waals surface area contributed by atoms with Crippen LogP contribution in [0, 0.1) is 6.92 Å². The van der Waals surface area contributed by atoms with Gasteiger partial charge in [0.05, 0.1) is 28.7 Å². The van der Waals surface area contributed by atoms with Crippen LogP contribution in [0.4, 0.5) is 18.9 Å². The summed E-state index contributed by atoms with van der Waals surface area (Å²) in [7, 11) is 0. The fourth-order valence-electron chi connectivity index (χ4n) is 4.78. The molecule has 4 aromatic rings. The van der Waals surface area contributed by atoms with E-state index in [2.05, 4.69) is 25.7 Å². The van der Waals surface area contributed by atoms with Gasteiger partial charge in [0.25, 0.3) is 5.91 Å². The number of alkyl halides is 3. The van der Waals surface area contributed by atoms with Gasteiger partial charge in [-0.25, -0.2) is 9.67 Å². The molecule has 1 amide bonds. The fraction of sp³-hybridized carbons (Fsp3) is 0.308. The number of hydrogen-bond acceptors (Lipinski definition) is 5. The van der Waals surface area contributed by atoms with E-state index in [1.807, 2.05) is 6.92 Å². The number of carbonyl (C=O) groups excluding carboxylic acids is 1. The van der Waals surface area contributed by atoms with Crippen LogP contribution in [-0.4, -0.2) is 37.7 Å². The standard InChI is InChI=1S/C26H24ClF3N6O/c1-15-21(14-32-36(15)19-7-9-31-10-8-19)25(37)34-18-4-2-3-17(12-18)33-23-13-24(26(28,29)30)35-22-6-5-16(27)11-20(22)23/h5-11,13-14,17-18H,2-4,12H2,1H3,(H,33,35)(H,34,37)/t17-,18+/m0/s1. The van der Waals surface area contributed by atoms with Crippen molar-refractivity contribution < 1.29 is 18.0 Å². The van der Waals surface area contributed by atoms with E-state index in [-0.39, 0.29) is 23.5 Å². The number of anilines is 1. The molecule has 2 atom stereocenters. The molecule has 5 rings (SSSR count). The lowest BCUT2D eigenvalue weighted by Gasteiger charge is -2.31. The molecular formula is C26H24ClF3N6O. The normalized spacial score (nSPS) is 18.1. The highest BCUT2D eigenvalue weighted by atomic mass is 35.5.